The molecular weight excluding hydrogens is 363 g/mol. The molecule has 3 rings (SSSR count). The zero-order valence-electron chi connectivity index (χ0n) is 13.5. The fourth-order valence-corrected chi connectivity index (χ4v) is 2.57. The highest BCUT2D eigenvalue weighted by atomic mass is 32.1. The van der Waals surface area contributed by atoms with Crippen LogP contribution in [0.2, 0.25) is 0 Å². The summed E-state index contributed by atoms with van der Waals surface area (Å²) < 4.78 is 34.8. The maximum absolute atomic E-state index is 13.0. The third-order valence-electron chi connectivity index (χ3n) is 3.67. The van der Waals surface area contributed by atoms with Crippen LogP contribution in [0.1, 0.15) is 0 Å². The summed E-state index contributed by atoms with van der Waals surface area (Å²) in [5, 5.41) is 19.8. The first-order chi connectivity index (χ1) is 12.5. The van der Waals surface area contributed by atoms with Gasteiger partial charge in [0.1, 0.15) is 29.5 Å². The van der Waals surface area contributed by atoms with Crippen molar-refractivity contribution in [1.82, 2.24) is 0 Å². The van der Waals surface area contributed by atoms with Gasteiger partial charge in [-0.1, -0.05) is 18.2 Å². The highest BCUT2D eigenvalue weighted by Crippen LogP contribution is 2.24. The average Bonchev–Trinajstić information content (AvgIpc) is 2.64. The van der Waals surface area contributed by atoms with Crippen molar-refractivity contribution in [1.29, 1.82) is 0 Å². The van der Waals surface area contributed by atoms with Crippen LogP contribution in [0, 0.1) is 5.82 Å². The van der Waals surface area contributed by atoms with Crippen molar-refractivity contribution in [2.45, 2.75) is 24.6 Å². The molecular formula is C18H17FO6S. The van der Waals surface area contributed by atoms with Crippen molar-refractivity contribution in [2.75, 3.05) is 6.61 Å². The predicted octanol–water partition coefficient (Wildman–Crippen LogP) is 2.03. The van der Waals surface area contributed by atoms with E-state index in [0.29, 0.717) is 11.5 Å². The summed E-state index contributed by atoms with van der Waals surface area (Å²) in [5.74, 6) is 0.353. The van der Waals surface area contributed by atoms with Crippen LogP contribution in [0.4, 0.5) is 4.39 Å². The van der Waals surface area contributed by atoms with Gasteiger partial charge in [0.15, 0.2) is 6.10 Å². The lowest BCUT2D eigenvalue weighted by molar-refractivity contribution is -0.239. The first-order valence-electron chi connectivity index (χ1n) is 7.86. The standard InChI is InChI=1S/C18H17FO6S/c19-11-6-8-13(9-7-11)23-17-16(15(21)14(20)10-22-17)25-18(26)24-12-4-2-1-3-5-12/h1-9,14-17,20-21H,10H2/t14-,15+,16-,17-/m1/s1. The van der Waals surface area contributed by atoms with E-state index in [1.165, 1.54) is 24.3 Å². The summed E-state index contributed by atoms with van der Waals surface area (Å²) in [5.41, 5.74) is 0. The van der Waals surface area contributed by atoms with Gasteiger partial charge in [0.25, 0.3) is 0 Å². The van der Waals surface area contributed by atoms with Gasteiger partial charge in [0.05, 0.1) is 6.61 Å². The highest BCUT2D eigenvalue weighted by Gasteiger charge is 2.43. The van der Waals surface area contributed by atoms with Gasteiger partial charge < -0.3 is 29.2 Å². The zero-order valence-corrected chi connectivity index (χ0v) is 14.3. The third-order valence-corrected chi connectivity index (χ3v) is 3.85. The molecule has 0 bridgehead atoms. The van der Waals surface area contributed by atoms with E-state index in [1.807, 2.05) is 6.07 Å². The molecule has 0 aliphatic carbocycles. The minimum absolute atomic E-state index is 0.154. The van der Waals surface area contributed by atoms with Crippen LogP contribution >= 0.6 is 12.2 Å². The fourth-order valence-electron chi connectivity index (χ4n) is 2.36. The molecule has 0 amide bonds. The van der Waals surface area contributed by atoms with Gasteiger partial charge in [-0.15, -0.1) is 0 Å². The Morgan fingerprint density at radius 1 is 1.04 bits per heavy atom. The fraction of sp³-hybridized carbons (Fsp3) is 0.278. The Bertz CT molecular complexity index is 726. The normalized spacial score (nSPS) is 25.3. The van der Waals surface area contributed by atoms with E-state index >= 15 is 0 Å². The molecule has 2 aromatic rings. The number of halogens is 1. The Kier molecular flexibility index (Phi) is 6.00. The van der Waals surface area contributed by atoms with E-state index in [2.05, 4.69) is 0 Å². The Balaban J connectivity index is 1.69. The van der Waals surface area contributed by atoms with Gasteiger partial charge in [0.2, 0.25) is 6.29 Å². The maximum Gasteiger partial charge on any atom is 0.358 e. The Morgan fingerprint density at radius 3 is 2.42 bits per heavy atom. The van der Waals surface area contributed by atoms with Gasteiger partial charge >= 0.3 is 5.24 Å². The molecule has 0 saturated carbocycles. The Hall–Kier alpha value is -2.26. The van der Waals surface area contributed by atoms with Gasteiger partial charge in [-0.05, 0) is 36.4 Å². The van der Waals surface area contributed by atoms with Crippen molar-refractivity contribution in [3.8, 4) is 11.5 Å². The van der Waals surface area contributed by atoms with Crippen molar-refractivity contribution in [3.05, 3.63) is 60.4 Å². The molecule has 4 atom stereocenters. The summed E-state index contributed by atoms with van der Waals surface area (Å²) in [6.07, 6.45) is -4.70. The van der Waals surface area contributed by atoms with E-state index in [9.17, 15) is 14.6 Å². The van der Waals surface area contributed by atoms with Crippen LogP contribution in [0.5, 0.6) is 11.5 Å². The van der Waals surface area contributed by atoms with Crippen LogP contribution in [-0.2, 0) is 9.47 Å². The predicted molar refractivity (Wildman–Crippen MR) is 93.3 cm³/mol. The molecule has 0 spiro atoms. The van der Waals surface area contributed by atoms with E-state index in [-0.39, 0.29) is 11.8 Å². The van der Waals surface area contributed by atoms with E-state index in [4.69, 9.17) is 31.2 Å². The molecule has 2 aromatic carbocycles. The minimum Gasteiger partial charge on any atom is -0.461 e. The largest absolute Gasteiger partial charge is 0.461 e. The van der Waals surface area contributed by atoms with Crippen molar-refractivity contribution >= 4 is 17.5 Å². The molecule has 1 aliphatic heterocycles. The lowest BCUT2D eigenvalue weighted by Crippen LogP contribution is -2.56. The maximum atomic E-state index is 13.0. The molecule has 2 N–H and O–H groups in total. The van der Waals surface area contributed by atoms with Crippen molar-refractivity contribution in [2.24, 2.45) is 0 Å². The molecule has 0 unspecified atom stereocenters. The lowest BCUT2D eigenvalue weighted by atomic mass is 10.1. The van der Waals surface area contributed by atoms with Crippen LogP contribution < -0.4 is 9.47 Å². The zero-order chi connectivity index (χ0) is 18.5. The number of ether oxygens (including phenoxy) is 4. The molecule has 8 heteroatoms. The van der Waals surface area contributed by atoms with Crippen LogP contribution in [-0.4, -0.2) is 46.7 Å². The summed E-state index contributed by atoms with van der Waals surface area (Å²) >= 11 is 5.05. The molecule has 0 aromatic heterocycles. The Labute approximate surface area is 154 Å². The number of aliphatic hydroxyl groups excluding tert-OH is 2. The van der Waals surface area contributed by atoms with Gasteiger partial charge in [-0.25, -0.2) is 4.39 Å². The number of para-hydroxylation sites is 1. The second-order valence-electron chi connectivity index (χ2n) is 5.58. The van der Waals surface area contributed by atoms with Crippen LogP contribution in [0.15, 0.2) is 54.6 Å². The molecule has 1 fully saturated rings. The second kappa shape index (κ2) is 8.41. The highest BCUT2D eigenvalue weighted by molar-refractivity contribution is 7.79. The first-order valence-corrected chi connectivity index (χ1v) is 8.27. The third kappa shape index (κ3) is 4.67. The number of aliphatic hydroxyl groups is 2. The number of benzene rings is 2. The summed E-state index contributed by atoms with van der Waals surface area (Å²) in [7, 11) is 0. The molecule has 1 heterocycles. The average molecular weight is 380 g/mol. The SMILES string of the molecule is O[C@@H]1[C@@H](OC(=S)Oc2ccccc2)[C@@H](Oc2ccc(F)cc2)OC[C@H]1O. The number of hydrogen-bond donors (Lipinski definition) is 2. The molecule has 1 saturated heterocycles. The molecule has 1 aliphatic rings. The Morgan fingerprint density at radius 2 is 1.73 bits per heavy atom. The number of hydrogen-bond acceptors (Lipinski definition) is 7. The van der Waals surface area contributed by atoms with E-state index in [0.717, 1.165) is 0 Å². The van der Waals surface area contributed by atoms with E-state index in [1.54, 1.807) is 24.3 Å². The minimum atomic E-state index is -1.31. The molecule has 26 heavy (non-hydrogen) atoms. The van der Waals surface area contributed by atoms with Gasteiger partial charge in [-0.3, -0.25) is 0 Å². The van der Waals surface area contributed by atoms with Gasteiger partial charge in [0, 0.05) is 12.2 Å². The number of thiocarbonyl (C=S) groups is 1. The molecule has 0 radical (unpaired) electrons. The van der Waals surface area contributed by atoms with Crippen molar-refractivity contribution in [3.63, 3.8) is 0 Å². The topological polar surface area (TPSA) is 77.4 Å². The quantitative estimate of drug-likeness (QED) is 0.786. The lowest BCUT2D eigenvalue weighted by Gasteiger charge is -2.37. The van der Waals surface area contributed by atoms with Crippen LogP contribution in [0.25, 0.3) is 0 Å². The summed E-state index contributed by atoms with van der Waals surface area (Å²) in [4.78, 5) is 0. The van der Waals surface area contributed by atoms with Crippen LogP contribution in [0.3, 0.4) is 0 Å². The monoisotopic (exact) mass is 380 g/mol. The summed E-state index contributed by atoms with van der Waals surface area (Å²) in [6.45, 7) is -0.154. The molecule has 138 valence electrons. The first kappa shape index (κ1) is 18.5. The second-order valence-corrected chi connectivity index (χ2v) is 5.91. The smallest absolute Gasteiger partial charge is 0.358 e. The number of rotatable bonds is 4. The molecule has 6 nitrogen and oxygen atoms in total. The van der Waals surface area contributed by atoms with Gasteiger partial charge in [-0.2, -0.15) is 0 Å². The summed E-state index contributed by atoms with van der Waals surface area (Å²) in [6, 6.07) is 14.0. The van der Waals surface area contributed by atoms with E-state index < -0.39 is 30.4 Å². The van der Waals surface area contributed by atoms with Crippen molar-refractivity contribution < 1.29 is 33.6 Å².